The van der Waals surface area contributed by atoms with E-state index in [0.717, 1.165) is 48.4 Å². The first kappa shape index (κ1) is 47.3. The number of anilines is 2. The summed E-state index contributed by atoms with van der Waals surface area (Å²) in [6, 6.07) is 92.1. The van der Waals surface area contributed by atoms with Crippen LogP contribution < -0.4 is 10.6 Å². The SMILES string of the molecule is C(=Nc1ccccc1)c1ccccc1.Nc1ccccc1.OCc1ccccc1.c1ccc(CCc2ccccc2)cc1.c1ccc(CN(Cc2ccccc2)c2ccccc2)cc1. The van der Waals surface area contributed by atoms with E-state index in [0.29, 0.717) is 0 Å². The minimum Gasteiger partial charge on any atom is -0.399 e. The van der Waals surface area contributed by atoms with Crippen molar-refractivity contribution in [2.45, 2.75) is 32.5 Å². The molecule has 0 fully saturated rings. The summed E-state index contributed by atoms with van der Waals surface area (Å²) in [7, 11) is 0. The van der Waals surface area contributed by atoms with Crippen molar-refractivity contribution in [3.05, 3.63) is 306 Å². The second-order valence-electron chi connectivity index (χ2n) is 14.7. The van der Waals surface area contributed by atoms with Crippen LogP contribution in [0.15, 0.2) is 278 Å². The van der Waals surface area contributed by atoms with Gasteiger partial charge in [-0.25, -0.2) is 0 Å². The number of nitrogens with zero attached hydrogens (tertiary/aromatic N) is 2. The molecule has 9 aromatic carbocycles. The summed E-state index contributed by atoms with van der Waals surface area (Å²) in [5, 5.41) is 8.54. The molecule has 4 heteroatoms. The molecule has 0 amide bonds. The molecule has 9 aromatic rings. The molecule has 0 radical (unpaired) electrons. The highest BCUT2D eigenvalue weighted by molar-refractivity contribution is 5.81. The van der Waals surface area contributed by atoms with E-state index in [2.05, 4.69) is 162 Å². The molecule has 4 nitrogen and oxygen atoms in total. The van der Waals surface area contributed by atoms with Crippen molar-refractivity contribution in [1.29, 1.82) is 0 Å². The second-order valence-corrected chi connectivity index (χ2v) is 14.7. The van der Waals surface area contributed by atoms with E-state index in [9.17, 15) is 0 Å². The van der Waals surface area contributed by atoms with Crippen LogP contribution in [0.4, 0.5) is 17.1 Å². The van der Waals surface area contributed by atoms with Crippen LogP contribution in [-0.4, -0.2) is 11.3 Å². The number of hydrogen-bond donors (Lipinski definition) is 2. The van der Waals surface area contributed by atoms with Gasteiger partial charge in [0.2, 0.25) is 0 Å². The summed E-state index contributed by atoms with van der Waals surface area (Å²) < 4.78 is 0. The Morgan fingerprint density at radius 2 is 0.672 bits per heavy atom. The zero-order valence-corrected chi connectivity index (χ0v) is 36.5. The van der Waals surface area contributed by atoms with Crippen LogP contribution in [0.2, 0.25) is 0 Å². The molecule has 0 saturated heterocycles. The molecule has 0 aromatic heterocycles. The Labute approximate surface area is 381 Å². The van der Waals surface area contributed by atoms with Crippen molar-refractivity contribution in [3.63, 3.8) is 0 Å². The van der Waals surface area contributed by atoms with Crippen LogP contribution in [0.3, 0.4) is 0 Å². The van der Waals surface area contributed by atoms with E-state index in [-0.39, 0.29) is 6.61 Å². The number of nitrogens with two attached hydrogens (primary N) is 1. The second kappa shape index (κ2) is 29.5. The molecule has 0 aliphatic carbocycles. The van der Waals surface area contributed by atoms with Gasteiger partial charge in [0.05, 0.1) is 12.3 Å². The topological polar surface area (TPSA) is 61.9 Å². The maximum absolute atomic E-state index is 8.54. The molecule has 0 atom stereocenters. The predicted molar refractivity (Wildman–Crippen MR) is 273 cm³/mol. The molecule has 0 unspecified atom stereocenters. The lowest BCUT2D eigenvalue weighted by atomic mass is 10.0. The highest BCUT2D eigenvalue weighted by Crippen LogP contribution is 2.20. The van der Waals surface area contributed by atoms with Gasteiger partial charge in [0.25, 0.3) is 0 Å². The zero-order chi connectivity index (χ0) is 44.5. The average Bonchev–Trinajstić information content (AvgIpc) is 3.38. The van der Waals surface area contributed by atoms with Gasteiger partial charge < -0.3 is 15.7 Å². The van der Waals surface area contributed by atoms with Crippen LogP contribution in [0.5, 0.6) is 0 Å². The number of aliphatic hydroxyl groups is 1. The van der Waals surface area contributed by atoms with Crippen molar-refractivity contribution in [3.8, 4) is 0 Å². The number of rotatable bonds is 11. The van der Waals surface area contributed by atoms with Crippen LogP contribution in [-0.2, 0) is 32.5 Å². The molecule has 9 rings (SSSR count). The highest BCUT2D eigenvalue weighted by atomic mass is 16.3. The van der Waals surface area contributed by atoms with Gasteiger partial charge in [-0.3, -0.25) is 4.99 Å². The van der Waals surface area contributed by atoms with E-state index < -0.39 is 0 Å². The maximum Gasteiger partial charge on any atom is 0.0681 e. The van der Waals surface area contributed by atoms with Crippen LogP contribution in [0.25, 0.3) is 0 Å². The lowest BCUT2D eigenvalue weighted by Gasteiger charge is -2.25. The fourth-order valence-electron chi connectivity index (χ4n) is 6.30. The van der Waals surface area contributed by atoms with E-state index in [1.807, 2.05) is 128 Å². The Kier molecular flexibility index (Phi) is 21.8. The van der Waals surface area contributed by atoms with Gasteiger partial charge in [0, 0.05) is 30.7 Å². The van der Waals surface area contributed by atoms with Crippen molar-refractivity contribution < 1.29 is 5.11 Å². The average molecular weight is 838 g/mol. The monoisotopic (exact) mass is 837 g/mol. The number of para-hydroxylation sites is 3. The quantitative estimate of drug-likeness (QED) is 0.101. The molecular formula is C60H59N3O. The number of benzene rings is 9. The van der Waals surface area contributed by atoms with Crippen molar-refractivity contribution >= 4 is 23.3 Å². The molecular weight excluding hydrogens is 779 g/mol. The van der Waals surface area contributed by atoms with Gasteiger partial charge in [-0.05, 0) is 82.6 Å². The van der Waals surface area contributed by atoms with Gasteiger partial charge in [-0.1, -0.05) is 237 Å². The molecule has 3 N–H and O–H groups in total. The van der Waals surface area contributed by atoms with E-state index in [1.165, 1.54) is 27.9 Å². The van der Waals surface area contributed by atoms with E-state index in [1.54, 1.807) is 0 Å². The summed E-state index contributed by atoms with van der Waals surface area (Å²) in [6.07, 6.45) is 4.13. The van der Waals surface area contributed by atoms with Crippen LogP contribution in [0.1, 0.15) is 33.4 Å². The summed E-state index contributed by atoms with van der Waals surface area (Å²) in [5.41, 5.74) is 16.0. The Morgan fingerprint density at radius 3 is 1.02 bits per heavy atom. The third-order valence-electron chi connectivity index (χ3n) is 9.69. The van der Waals surface area contributed by atoms with E-state index >= 15 is 0 Å². The Morgan fingerprint density at radius 1 is 0.359 bits per heavy atom. The standard InChI is InChI=1S/C20H19N.C14H14.C13H11N.C7H8O.C6H7N/c1-4-10-18(11-5-1)16-21(20-14-8-3-9-15-20)17-19-12-6-2-7-13-19;1-3-7-13(8-4-1)11-12-14-9-5-2-6-10-14;1-3-7-12(8-4-1)11-14-13-9-5-2-6-10-13;8-6-7-4-2-1-3-5-7;7-6-4-2-1-3-5-6/h1-15H,16-17H2;1-10H,11-12H2;1-11H;1-5,8H,6H2;1-5H,7H2. The van der Waals surface area contributed by atoms with Gasteiger partial charge in [-0.15, -0.1) is 0 Å². The fourth-order valence-corrected chi connectivity index (χ4v) is 6.30. The van der Waals surface area contributed by atoms with Gasteiger partial charge in [-0.2, -0.15) is 0 Å². The van der Waals surface area contributed by atoms with E-state index in [4.69, 9.17) is 10.8 Å². The summed E-state index contributed by atoms with van der Waals surface area (Å²) in [5.74, 6) is 0. The van der Waals surface area contributed by atoms with Crippen LogP contribution in [0, 0.1) is 0 Å². The lowest BCUT2D eigenvalue weighted by Crippen LogP contribution is -2.21. The molecule has 320 valence electrons. The molecule has 0 aliphatic heterocycles. The Bertz CT molecular complexity index is 2370. The van der Waals surface area contributed by atoms with Crippen LogP contribution >= 0.6 is 0 Å². The number of hydrogen-bond acceptors (Lipinski definition) is 4. The first-order chi connectivity index (χ1) is 31.6. The summed E-state index contributed by atoms with van der Waals surface area (Å²) >= 11 is 0. The predicted octanol–water partition coefficient (Wildman–Crippen LogP) is 14.3. The third kappa shape index (κ3) is 19.7. The molecule has 64 heavy (non-hydrogen) atoms. The van der Waals surface area contributed by atoms with Gasteiger partial charge >= 0.3 is 0 Å². The van der Waals surface area contributed by atoms with Crippen molar-refractivity contribution in [1.82, 2.24) is 0 Å². The first-order valence-electron chi connectivity index (χ1n) is 21.7. The Balaban J connectivity index is 0.000000159. The molecule has 0 saturated carbocycles. The number of aryl methyl sites for hydroxylation is 2. The van der Waals surface area contributed by atoms with Crippen molar-refractivity contribution in [2.24, 2.45) is 4.99 Å². The normalized spacial score (nSPS) is 9.95. The summed E-state index contributed by atoms with van der Waals surface area (Å²) in [4.78, 5) is 6.76. The lowest BCUT2D eigenvalue weighted by molar-refractivity contribution is 0.282. The number of aliphatic hydroxyl groups excluding tert-OH is 1. The summed E-state index contributed by atoms with van der Waals surface area (Å²) in [6.45, 7) is 1.97. The molecule has 0 spiro atoms. The minimum absolute atomic E-state index is 0.140. The smallest absolute Gasteiger partial charge is 0.0681 e. The molecule has 0 heterocycles. The third-order valence-corrected chi connectivity index (χ3v) is 9.69. The van der Waals surface area contributed by atoms with Crippen molar-refractivity contribution in [2.75, 3.05) is 10.6 Å². The number of aliphatic imine (C=N–C) groups is 1. The zero-order valence-electron chi connectivity index (χ0n) is 36.5. The maximum atomic E-state index is 8.54. The first-order valence-corrected chi connectivity index (χ1v) is 21.7. The molecule has 0 bridgehead atoms. The number of nitrogen functional groups attached to an aromatic ring is 1. The Hall–Kier alpha value is -7.79. The highest BCUT2D eigenvalue weighted by Gasteiger charge is 2.08. The van der Waals surface area contributed by atoms with Gasteiger partial charge in [0.15, 0.2) is 0 Å². The minimum atomic E-state index is 0.140. The molecule has 0 aliphatic rings. The largest absolute Gasteiger partial charge is 0.399 e. The fraction of sp³-hybridized carbons (Fsp3) is 0.0833. The van der Waals surface area contributed by atoms with Gasteiger partial charge in [0.1, 0.15) is 0 Å².